The summed E-state index contributed by atoms with van der Waals surface area (Å²) in [5.41, 5.74) is 5.27. The van der Waals surface area contributed by atoms with Crippen LogP contribution in [0.25, 0.3) is 0 Å². The number of rotatable bonds is 2. The quantitative estimate of drug-likeness (QED) is 0.658. The number of hydrogen-bond donors (Lipinski definition) is 2. The third-order valence-corrected chi connectivity index (χ3v) is 3.36. The maximum atomic E-state index is 11.0. The lowest BCUT2D eigenvalue weighted by Crippen LogP contribution is -2.40. The lowest BCUT2D eigenvalue weighted by Gasteiger charge is -2.11. The Morgan fingerprint density at radius 1 is 1.08 bits per heavy atom. The second kappa shape index (κ2) is 3.66. The van der Waals surface area contributed by atoms with E-state index in [0.29, 0.717) is 0 Å². The van der Waals surface area contributed by atoms with Gasteiger partial charge < -0.3 is 11.1 Å². The summed E-state index contributed by atoms with van der Waals surface area (Å²) < 4.78 is 0. The van der Waals surface area contributed by atoms with Crippen molar-refractivity contribution in [3.05, 3.63) is 0 Å². The van der Waals surface area contributed by atoms with Crippen molar-refractivity contribution >= 4 is 5.91 Å². The van der Waals surface area contributed by atoms with E-state index in [1.54, 1.807) is 0 Å². The van der Waals surface area contributed by atoms with Gasteiger partial charge in [0.15, 0.2) is 0 Å². The van der Waals surface area contributed by atoms with Gasteiger partial charge in [0, 0.05) is 0 Å². The molecule has 0 spiro atoms. The molecule has 1 aliphatic carbocycles. The second-order valence-corrected chi connectivity index (χ2v) is 4.37. The van der Waals surface area contributed by atoms with Crippen molar-refractivity contribution in [1.82, 2.24) is 5.32 Å². The first-order valence-electron chi connectivity index (χ1n) is 5.30. The fourth-order valence-electron chi connectivity index (χ4n) is 2.35. The molecule has 1 heterocycles. The van der Waals surface area contributed by atoms with Crippen LogP contribution in [0.1, 0.15) is 32.1 Å². The SMILES string of the molecule is NC(=O)[C@@H]1CCC(C2CC2)CCN1. The van der Waals surface area contributed by atoms with Gasteiger partial charge in [-0.2, -0.15) is 0 Å². The van der Waals surface area contributed by atoms with E-state index in [-0.39, 0.29) is 11.9 Å². The Labute approximate surface area is 79.1 Å². The Balaban J connectivity index is 1.85. The third-order valence-electron chi connectivity index (χ3n) is 3.36. The fraction of sp³-hybridized carbons (Fsp3) is 0.900. The van der Waals surface area contributed by atoms with Gasteiger partial charge in [0.25, 0.3) is 0 Å². The Bertz CT molecular complexity index is 201. The standard InChI is InChI=1S/C10H18N2O/c11-10(13)9-4-3-8(5-6-12-9)7-1-2-7/h7-9,12H,1-6H2,(H2,11,13)/t8?,9-/m0/s1. The monoisotopic (exact) mass is 182 g/mol. The number of nitrogens with two attached hydrogens (primary N) is 1. The number of carbonyl (C=O) groups is 1. The molecule has 1 aliphatic heterocycles. The van der Waals surface area contributed by atoms with Gasteiger partial charge in [0.2, 0.25) is 5.91 Å². The summed E-state index contributed by atoms with van der Waals surface area (Å²) >= 11 is 0. The molecule has 3 N–H and O–H groups in total. The van der Waals surface area contributed by atoms with Gasteiger partial charge in [0.1, 0.15) is 0 Å². The Hall–Kier alpha value is -0.570. The average Bonchev–Trinajstić information content (AvgIpc) is 2.91. The van der Waals surface area contributed by atoms with E-state index in [4.69, 9.17) is 5.73 Å². The summed E-state index contributed by atoms with van der Waals surface area (Å²) in [6, 6.07) is -0.0660. The van der Waals surface area contributed by atoms with E-state index in [0.717, 1.165) is 24.8 Å². The third kappa shape index (κ3) is 2.21. The number of amides is 1. The highest BCUT2D eigenvalue weighted by molar-refractivity contribution is 5.79. The molecule has 3 nitrogen and oxygen atoms in total. The molecule has 1 saturated carbocycles. The van der Waals surface area contributed by atoms with E-state index in [1.165, 1.54) is 25.7 Å². The van der Waals surface area contributed by atoms with Crippen molar-refractivity contribution in [3.8, 4) is 0 Å². The first-order chi connectivity index (χ1) is 6.27. The lowest BCUT2D eigenvalue weighted by atomic mass is 9.94. The van der Waals surface area contributed by atoms with E-state index in [1.807, 2.05) is 0 Å². The zero-order chi connectivity index (χ0) is 9.26. The van der Waals surface area contributed by atoms with Crippen LogP contribution in [0.15, 0.2) is 0 Å². The summed E-state index contributed by atoms with van der Waals surface area (Å²) in [5, 5.41) is 3.22. The normalized spacial score (nSPS) is 35.4. The molecule has 3 heteroatoms. The fourth-order valence-corrected chi connectivity index (χ4v) is 2.35. The molecule has 2 fully saturated rings. The highest BCUT2D eigenvalue weighted by atomic mass is 16.1. The molecule has 0 radical (unpaired) electrons. The second-order valence-electron chi connectivity index (χ2n) is 4.37. The molecule has 2 atom stereocenters. The molecular formula is C10H18N2O. The van der Waals surface area contributed by atoms with Crippen molar-refractivity contribution < 1.29 is 4.79 Å². The van der Waals surface area contributed by atoms with Gasteiger partial charge >= 0.3 is 0 Å². The lowest BCUT2D eigenvalue weighted by molar-refractivity contribution is -0.120. The van der Waals surface area contributed by atoms with Crippen LogP contribution in [0.3, 0.4) is 0 Å². The predicted molar refractivity (Wildman–Crippen MR) is 51.1 cm³/mol. The van der Waals surface area contributed by atoms with Crippen molar-refractivity contribution in [2.45, 2.75) is 38.1 Å². The number of hydrogen-bond acceptors (Lipinski definition) is 2. The largest absolute Gasteiger partial charge is 0.368 e. The first kappa shape index (κ1) is 9.00. The van der Waals surface area contributed by atoms with Crippen LogP contribution >= 0.6 is 0 Å². The van der Waals surface area contributed by atoms with Crippen molar-refractivity contribution in [2.75, 3.05) is 6.54 Å². The molecular weight excluding hydrogens is 164 g/mol. The highest BCUT2D eigenvalue weighted by Crippen LogP contribution is 2.41. The van der Waals surface area contributed by atoms with Crippen LogP contribution in [-0.4, -0.2) is 18.5 Å². The molecule has 1 amide bonds. The minimum absolute atomic E-state index is 0.0660. The average molecular weight is 182 g/mol. The summed E-state index contributed by atoms with van der Waals surface area (Å²) in [6.45, 7) is 0.967. The van der Waals surface area contributed by atoms with E-state index >= 15 is 0 Å². The maximum absolute atomic E-state index is 11.0. The summed E-state index contributed by atoms with van der Waals surface area (Å²) in [4.78, 5) is 11.0. The Morgan fingerprint density at radius 2 is 1.69 bits per heavy atom. The van der Waals surface area contributed by atoms with Gasteiger partial charge in [-0.1, -0.05) is 0 Å². The Kier molecular flexibility index (Phi) is 2.54. The minimum Gasteiger partial charge on any atom is -0.368 e. The molecule has 1 saturated heterocycles. The molecule has 0 aromatic rings. The molecule has 0 bridgehead atoms. The minimum atomic E-state index is -0.184. The molecule has 0 aromatic carbocycles. The van der Waals surface area contributed by atoms with Gasteiger partial charge in [-0.3, -0.25) is 4.79 Å². The molecule has 74 valence electrons. The molecule has 0 aromatic heterocycles. The molecule has 2 rings (SSSR count). The van der Waals surface area contributed by atoms with Crippen LogP contribution < -0.4 is 11.1 Å². The van der Waals surface area contributed by atoms with Crippen LogP contribution in [0.5, 0.6) is 0 Å². The van der Waals surface area contributed by atoms with Gasteiger partial charge in [-0.05, 0) is 50.5 Å². The van der Waals surface area contributed by atoms with Crippen LogP contribution in [0.4, 0.5) is 0 Å². The van der Waals surface area contributed by atoms with Crippen molar-refractivity contribution in [3.63, 3.8) is 0 Å². The maximum Gasteiger partial charge on any atom is 0.234 e. The van der Waals surface area contributed by atoms with Crippen LogP contribution in [0, 0.1) is 11.8 Å². The van der Waals surface area contributed by atoms with Crippen molar-refractivity contribution in [2.24, 2.45) is 17.6 Å². The Morgan fingerprint density at radius 3 is 2.31 bits per heavy atom. The zero-order valence-corrected chi connectivity index (χ0v) is 7.96. The van der Waals surface area contributed by atoms with Gasteiger partial charge in [-0.15, -0.1) is 0 Å². The summed E-state index contributed by atoms with van der Waals surface area (Å²) in [7, 11) is 0. The van der Waals surface area contributed by atoms with Gasteiger partial charge in [0.05, 0.1) is 6.04 Å². The number of primary amides is 1. The van der Waals surface area contributed by atoms with Crippen LogP contribution in [0.2, 0.25) is 0 Å². The predicted octanol–water partition coefficient (Wildman–Crippen LogP) is 0.640. The van der Waals surface area contributed by atoms with E-state index in [9.17, 15) is 4.79 Å². The summed E-state index contributed by atoms with van der Waals surface area (Å²) in [6.07, 6.45) is 6.17. The topological polar surface area (TPSA) is 55.1 Å². The summed E-state index contributed by atoms with van der Waals surface area (Å²) in [5.74, 6) is 1.64. The van der Waals surface area contributed by atoms with Crippen LogP contribution in [-0.2, 0) is 4.79 Å². The van der Waals surface area contributed by atoms with E-state index < -0.39 is 0 Å². The molecule has 13 heavy (non-hydrogen) atoms. The molecule has 1 unspecified atom stereocenters. The number of carbonyl (C=O) groups excluding carboxylic acids is 1. The smallest absolute Gasteiger partial charge is 0.234 e. The van der Waals surface area contributed by atoms with Gasteiger partial charge in [-0.25, -0.2) is 0 Å². The zero-order valence-electron chi connectivity index (χ0n) is 7.96. The van der Waals surface area contributed by atoms with Crippen molar-refractivity contribution in [1.29, 1.82) is 0 Å². The van der Waals surface area contributed by atoms with E-state index in [2.05, 4.69) is 5.32 Å². The molecule has 2 aliphatic rings. The first-order valence-corrected chi connectivity index (χ1v) is 5.30. The highest BCUT2D eigenvalue weighted by Gasteiger charge is 2.33. The number of nitrogens with one attached hydrogen (secondary N) is 1.